The maximum atomic E-state index is 13.6. The van der Waals surface area contributed by atoms with Gasteiger partial charge in [0.2, 0.25) is 0 Å². The van der Waals surface area contributed by atoms with E-state index >= 15 is 0 Å². The first-order chi connectivity index (χ1) is 8.97. The highest BCUT2D eigenvalue weighted by Crippen LogP contribution is 2.33. The Hall–Kier alpha value is -1.39. The van der Waals surface area contributed by atoms with Crippen molar-refractivity contribution in [1.29, 1.82) is 0 Å². The van der Waals surface area contributed by atoms with Crippen molar-refractivity contribution in [3.05, 3.63) is 52.3 Å². The maximum absolute atomic E-state index is 13.6. The van der Waals surface area contributed by atoms with Crippen LogP contribution < -0.4 is 4.74 Å². The minimum Gasteiger partial charge on any atom is -0.432 e. The van der Waals surface area contributed by atoms with Crippen LogP contribution in [0.5, 0.6) is 5.75 Å². The number of benzene rings is 2. The fraction of sp³-hybridized carbons (Fsp3) is 0.0769. The molecule has 0 bridgehead atoms. The number of rotatable bonds is 3. The molecule has 0 heterocycles. The number of hydrogen-bond donors (Lipinski definition) is 0. The van der Waals surface area contributed by atoms with E-state index in [0.717, 1.165) is 12.1 Å². The fourth-order valence-electron chi connectivity index (χ4n) is 1.58. The third kappa shape index (κ3) is 3.33. The lowest BCUT2D eigenvalue weighted by atomic mass is 10.1. The van der Waals surface area contributed by atoms with E-state index < -0.39 is 18.2 Å². The van der Waals surface area contributed by atoms with Crippen molar-refractivity contribution >= 4 is 23.2 Å². The first-order valence-corrected chi connectivity index (χ1v) is 5.93. The molecule has 0 atom stereocenters. The second kappa shape index (κ2) is 5.72. The van der Waals surface area contributed by atoms with Crippen LogP contribution in [0.2, 0.25) is 10.0 Å². The molecule has 1 nitrogen and oxygen atoms in total. The predicted octanol–water partition coefficient (Wildman–Crippen LogP) is 5.40. The number of alkyl halides is 2. The molecule has 0 spiro atoms. The minimum absolute atomic E-state index is 0.381. The second-order valence-corrected chi connectivity index (χ2v) is 4.49. The molecule has 19 heavy (non-hydrogen) atoms. The molecule has 0 aliphatic carbocycles. The Kier molecular flexibility index (Phi) is 4.22. The van der Waals surface area contributed by atoms with Crippen molar-refractivity contribution in [2.75, 3.05) is 0 Å². The highest BCUT2D eigenvalue weighted by Gasteiger charge is 2.12. The summed E-state index contributed by atoms with van der Waals surface area (Å²) in [6.45, 7) is -3.07. The van der Waals surface area contributed by atoms with E-state index in [-0.39, 0.29) is 0 Å². The minimum atomic E-state index is -3.07. The summed E-state index contributed by atoms with van der Waals surface area (Å²) in [5.41, 5.74) is 0.934. The largest absolute Gasteiger partial charge is 0.432 e. The van der Waals surface area contributed by atoms with Gasteiger partial charge in [-0.3, -0.25) is 0 Å². The molecule has 0 fully saturated rings. The number of hydrogen-bond acceptors (Lipinski definition) is 1. The summed E-state index contributed by atoms with van der Waals surface area (Å²) >= 11 is 11.8. The molecule has 2 aromatic rings. The van der Waals surface area contributed by atoms with Gasteiger partial charge in [0.05, 0.1) is 0 Å². The van der Waals surface area contributed by atoms with E-state index in [2.05, 4.69) is 4.74 Å². The SMILES string of the molecule is Fc1cc(-c2cc(Cl)ccc2Cl)ccc1OC(F)F. The molecule has 2 rings (SSSR count). The van der Waals surface area contributed by atoms with Crippen molar-refractivity contribution in [3.63, 3.8) is 0 Å². The molecular formula is C13H7Cl2F3O. The van der Waals surface area contributed by atoms with Gasteiger partial charge in [0.1, 0.15) is 0 Å². The first-order valence-electron chi connectivity index (χ1n) is 5.17. The van der Waals surface area contributed by atoms with E-state index in [1.54, 1.807) is 18.2 Å². The molecule has 0 aliphatic rings. The van der Waals surface area contributed by atoms with Gasteiger partial charge in [-0.05, 0) is 35.9 Å². The quantitative estimate of drug-likeness (QED) is 0.737. The molecule has 6 heteroatoms. The van der Waals surface area contributed by atoms with Gasteiger partial charge in [0, 0.05) is 15.6 Å². The van der Waals surface area contributed by atoms with Gasteiger partial charge in [-0.15, -0.1) is 0 Å². The van der Waals surface area contributed by atoms with Crippen molar-refractivity contribution in [2.24, 2.45) is 0 Å². The van der Waals surface area contributed by atoms with Gasteiger partial charge in [-0.25, -0.2) is 4.39 Å². The third-order valence-corrected chi connectivity index (χ3v) is 2.95. The lowest BCUT2D eigenvalue weighted by Crippen LogP contribution is -2.03. The first kappa shape index (κ1) is 14.0. The molecule has 0 radical (unpaired) electrons. The van der Waals surface area contributed by atoms with Crippen molar-refractivity contribution in [3.8, 4) is 16.9 Å². The summed E-state index contributed by atoms with van der Waals surface area (Å²) < 4.78 is 41.6. The van der Waals surface area contributed by atoms with E-state index in [1.165, 1.54) is 6.07 Å². The zero-order valence-electron chi connectivity index (χ0n) is 9.34. The van der Waals surface area contributed by atoms with Gasteiger partial charge >= 0.3 is 6.61 Å². The Morgan fingerprint density at radius 1 is 1.00 bits per heavy atom. The summed E-state index contributed by atoms with van der Waals surface area (Å²) in [6.07, 6.45) is 0. The summed E-state index contributed by atoms with van der Waals surface area (Å²) in [5.74, 6) is -1.41. The Morgan fingerprint density at radius 2 is 1.74 bits per heavy atom. The van der Waals surface area contributed by atoms with Crippen molar-refractivity contribution in [2.45, 2.75) is 6.61 Å². The van der Waals surface area contributed by atoms with Crippen LogP contribution in [-0.4, -0.2) is 6.61 Å². The van der Waals surface area contributed by atoms with Crippen LogP contribution in [0.25, 0.3) is 11.1 Å². The van der Waals surface area contributed by atoms with Gasteiger partial charge in [0.15, 0.2) is 11.6 Å². The maximum Gasteiger partial charge on any atom is 0.387 e. The standard InChI is InChI=1S/C13H7Cl2F3O/c14-8-2-3-10(15)9(6-8)7-1-4-12(11(16)5-7)19-13(17)18/h1-6,13H. The summed E-state index contributed by atoms with van der Waals surface area (Å²) in [7, 11) is 0. The lowest BCUT2D eigenvalue weighted by molar-refractivity contribution is -0.0521. The molecule has 0 amide bonds. The van der Waals surface area contributed by atoms with Crippen LogP contribution >= 0.6 is 23.2 Å². The Balaban J connectivity index is 2.41. The van der Waals surface area contributed by atoms with Gasteiger partial charge in [0.25, 0.3) is 0 Å². The molecule has 0 aromatic heterocycles. The van der Waals surface area contributed by atoms with Crippen LogP contribution in [0.15, 0.2) is 36.4 Å². The summed E-state index contributed by atoms with van der Waals surface area (Å²) in [4.78, 5) is 0. The Labute approximate surface area is 117 Å². The van der Waals surface area contributed by atoms with E-state index in [9.17, 15) is 13.2 Å². The van der Waals surface area contributed by atoms with Crippen LogP contribution in [0, 0.1) is 5.82 Å². The van der Waals surface area contributed by atoms with Gasteiger partial charge in [-0.2, -0.15) is 8.78 Å². The second-order valence-electron chi connectivity index (χ2n) is 3.65. The zero-order valence-corrected chi connectivity index (χ0v) is 10.9. The highest BCUT2D eigenvalue weighted by molar-refractivity contribution is 6.35. The third-order valence-electron chi connectivity index (χ3n) is 2.39. The molecular weight excluding hydrogens is 300 g/mol. The Morgan fingerprint density at radius 3 is 2.37 bits per heavy atom. The molecule has 0 unspecified atom stereocenters. The molecule has 0 saturated heterocycles. The lowest BCUT2D eigenvalue weighted by Gasteiger charge is -2.09. The van der Waals surface area contributed by atoms with E-state index in [0.29, 0.717) is 21.2 Å². The zero-order chi connectivity index (χ0) is 14.0. The van der Waals surface area contributed by atoms with Gasteiger partial charge < -0.3 is 4.74 Å². The molecule has 0 saturated carbocycles. The van der Waals surface area contributed by atoms with E-state index in [4.69, 9.17) is 23.2 Å². The Bertz CT molecular complexity index is 602. The predicted molar refractivity (Wildman–Crippen MR) is 68.5 cm³/mol. The highest BCUT2D eigenvalue weighted by atomic mass is 35.5. The monoisotopic (exact) mass is 306 g/mol. The van der Waals surface area contributed by atoms with Crippen LogP contribution in [0.4, 0.5) is 13.2 Å². The molecule has 0 aliphatic heterocycles. The average molecular weight is 307 g/mol. The van der Waals surface area contributed by atoms with Crippen LogP contribution in [0.1, 0.15) is 0 Å². The van der Waals surface area contributed by atoms with Crippen molar-refractivity contribution in [1.82, 2.24) is 0 Å². The average Bonchev–Trinajstić information content (AvgIpc) is 2.34. The summed E-state index contributed by atoms with van der Waals surface area (Å²) in [6, 6.07) is 8.34. The molecule has 2 aromatic carbocycles. The molecule has 0 N–H and O–H groups in total. The number of halogens is 5. The van der Waals surface area contributed by atoms with Crippen LogP contribution in [-0.2, 0) is 0 Å². The smallest absolute Gasteiger partial charge is 0.387 e. The normalized spacial score (nSPS) is 10.8. The van der Waals surface area contributed by atoms with E-state index in [1.807, 2.05) is 0 Å². The van der Waals surface area contributed by atoms with Crippen molar-refractivity contribution < 1.29 is 17.9 Å². The van der Waals surface area contributed by atoms with Crippen LogP contribution in [0.3, 0.4) is 0 Å². The summed E-state index contributed by atoms with van der Waals surface area (Å²) in [5, 5.41) is 0.819. The molecule has 100 valence electrons. The topological polar surface area (TPSA) is 9.23 Å². The number of ether oxygens (including phenoxy) is 1. The van der Waals surface area contributed by atoms with Gasteiger partial charge in [-0.1, -0.05) is 29.3 Å². The fourth-order valence-corrected chi connectivity index (χ4v) is 1.98.